The molecular formula is C17H26N2O2. The number of carbonyl (C=O) groups is 1. The number of rotatable bonds is 6. The third-order valence-electron chi connectivity index (χ3n) is 4.05. The number of hydrogen-bond donors (Lipinski definition) is 1. The number of nitrogens with zero attached hydrogens (tertiary/aromatic N) is 1. The SMILES string of the molecule is CC(N)C1CCCCN1C(=O)CCOCc1ccccc1. The van der Waals surface area contributed by atoms with Crippen LogP contribution in [-0.4, -0.2) is 36.0 Å². The van der Waals surface area contributed by atoms with Gasteiger partial charge in [0.15, 0.2) is 0 Å². The van der Waals surface area contributed by atoms with Crippen molar-refractivity contribution in [2.45, 2.75) is 51.3 Å². The van der Waals surface area contributed by atoms with Gasteiger partial charge in [0.25, 0.3) is 0 Å². The quantitative estimate of drug-likeness (QED) is 0.818. The minimum atomic E-state index is 0.0412. The molecule has 2 unspecified atom stereocenters. The molecule has 1 aromatic carbocycles. The lowest BCUT2D eigenvalue weighted by molar-refractivity contribution is -0.136. The van der Waals surface area contributed by atoms with Gasteiger partial charge in [-0.1, -0.05) is 30.3 Å². The van der Waals surface area contributed by atoms with Crippen molar-refractivity contribution in [1.82, 2.24) is 4.90 Å². The summed E-state index contributed by atoms with van der Waals surface area (Å²) in [5.41, 5.74) is 7.14. The van der Waals surface area contributed by atoms with Gasteiger partial charge in [-0.2, -0.15) is 0 Å². The van der Waals surface area contributed by atoms with Gasteiger partial charge in [-0.15, -0.1) is 0 Å². The Kier molecular flexibility index (Phi) is 6.21. The van der Waals surface area contributed by atoms with E-state index in [1.165, 1.54) is 6.42 Å². The lowest BCUT2D eigenvalue weighted by Crippen LogP contribution is -2.51. The Balaban J connectivity index is 1.73. The topological polar surface area (TPSA) is 55.6 Å². The highest BCUT2D eigenvalue weighted by molar-refractivity contribution is 5.76. The predicted molar refractivity (Wildman–Crippen MR) is 83.7 cm³/mol. The monoisotopic (exact) mass is 290 g/mol. The van der Waals surface area contributed by atoms with E-state index in [9.17, 15) is 4.79 Å². The van der Waals surface area contributed by atoms with Crippen molar-refractivity contribution in [2.24, 2.45) is 5.73 Å². The number of carbonyl (C=O) groups excluding carboxylic acids is 1. The highest BCUT2D eigenvalue weighted by Gasteiger charge is 2.28. The molecule has 1 aromatic rings. The Labute approximate surface area is 127 Å². The maximum absolute atomic E-state index is 12.3. The van der Waals surface area contributed by atoms with Crippen LogP contribution >= 0.6 is 0 Å². The average Bonchev–Trinajstić information content (AvgIpc) is 2.52. The van der Waals surface area contributed by atoms with E-state index >= 15 is 0 Å². The van der Waals surface area contributed by atoms with E-state index in [4.69, 9.17) is 10.5 Å². The number of benzene rings is 1. The first-order valence-electron chi connectivity index (χ1n) is 7.85. The molecule has 4 heteroatoms. The Morgan fingerprint density at radius 2 is 2.14 bits per heavy atom. The van der Waals surface area contributed by atoms with Crippen LogP contribution in [0.4, 0.5) is 0 Å². The van der Waals surface area contributed by atoms with Gasteiger partial charge in [0.2, 0.25) is 5.91 Å². The summed E-state index contributed by atoms with van der Waals surface area (Å²) in [5, 5.41) is 0. The zero-order valence-electron chi connectivity index (χ0n) is 12.8. The summed E-state index contributed by atoms with van der Waals surface area (Å²) in [5.74, 6) is 0.171. The van der Waals surface area contributed by atoms with Gasteiger partial charge in [-0.25, -0.2) is 0 Å². The molecule has 4 nitrogen and oxygen atoms in total. The van der Waals surface area contributed by atoms with Crippen LogP contribution < -0.4 is 5.73 Å². The van der Waals surface area contributed by atoms with E-state index in [-0.39, 0.29) is 18.0 Å². The van der Waals surface area contributed by atoms with Crippen LogP contribution in [0.15, 0.2) is 30.3 Å². The second kappa shape index (κ2) is 8.15. The molecule has 1 saturated heterocycles. The van der Waals surface area contributed by atoms with Gasteiger partial charge < -0.3 is 15.4 Å². The van der Waals surface area contributed by atoms with Crippen LogP contribution in [0.2, 0.25) is 0 Å². The van der Waals surface area contributed by atoms with Crippen LogP contribution in [0.25, 0.3) is 0 Å². The second-order valence-electron chi connectivity index (χ2n) is 5.80. The highest BCUT2D eigenvalue weighted by atomic mass is 16.5. The number of hydrogen-bond acceptors (Lipinski definition) is 3. The largest absolute Gasteiger partial charge is 0.376 e. The molecule has 0 bridgehead atoms. The second-order valence-corrected chi connectivity index (χ2v) is 5.80. The zero-order chi connectivity index (χ0) is 15.1. The van der Waals surface area contributed by atoms with Gasteiger partial charge in [0, 0.05) is 18.6 Å². The highest BCUT2D eigenvalue weighted by Crippen LogP contribution is 2.19. The molecule has 2 N–H and O–H groups in total. The van der Waals surface area contributed by atoms with Crippen molar-refractivity contribution in [2.75, 3.05) is 13.2 Å². The zero-order valence-corrected chi connectivity index (χ0v) is 12.8. The van der Waals surface area contributed by atoms with Crippen molar-refractivity contribution in [3.63, 3.8) is 0 Å². The first-order valence-corrected chi connectivity index (χ1v) is 7.85. The van der Waals surface area contributed by atoms with E-state index in [2.05, 4.69) is 0 Å². The predicted octanol–water partition coefficient (Wildman–Crippen LogP) is 2.32. The number of likely N-dealkylation sites (tertiary alicyclic amines) is 1. The summed E-state index contributed by atoms with van der Waals surface area (Å²) in [7, 11) is 0. The third-order valence-corrected chi connectivity index (χ3v) is 4.05. The smallest absolute Gasteiger partial charge is 0.225 e. The minimum absolute atomic E-state index is 0.0412. The van der Waals surface area contributed by atoms with Crippen LogP contribution in [0.1, 0.15) is 38.2 Å². The lowest BCUT2D eigenvalue weighted by atomic mass is 9.96. The third kappa shape index (κ3) is 4.83. The molecule has 1 fully saturated rings. The normalized spacial score (nSPS) is 20.3. The molecule has 0 aliphatic carbocycles. The van der Waals surface area contributed by atoms with Crippen molar-refractivity contribution >= 4 is 5.91 Å². The molecule has 0 spiro atoms. The van der Waals surface area contributed by atoms with Gasteiger partial charge >= 0.3 is 0 Å². The Morgan fingerprint density at radius 1 is 1.38 bits per heavy atom. The van der Waals surface area contributed by atoms with Crippen LogP contribution in [0.5, 0.6) is 0 Å². The summed E-state index contributed by atoms with van der Waals surface area (Å²) >= 11 is 0. The fourth-order valence-electron chi connectivity index (χ4n) is 2.88. The number of amides is 1. The Morgan fingerprint density at radius 3 is 2.86 bits per heavy atom. The Hall–Kier alpha value is -1.39. The van der Waals surface area contributed by atoms with Crippen LogP contribution in [0, 0.1) is 0 Å². The van der Waals surface area contributed by atoms with E-state index in [0.717, 1.165) is 24.9 Å². The molecule has 1 aliphatic rings. The van der Waals surface area contributed by atoms with Crippen LogP contribution in [-0.2, 0) is 16.1 Å². The number of ether oxygens (including phenoxy) is 1. The fourth-order valence-corrected chi connectivity index (χ4v) is 2.88. The van der Waals surface area contributed by atoms with Gasteiger partial charge in [0.1, 0.15) is 0 Å². The molecule has 1 amide bonds. The molecular weight excluding hydrogens is 264 g/mol. The standard InChI is InChI=1S/C17H26N2O2/c1-14(18)16-9-5-6-11-19(16)17(20)10-12-21-13-15-7-3-2-4-8-15/h2-4,7-8,14,16H,5-6,9-13,18H2,1H3. The van der Waals surface area contributed by atoms with Crippen molar-refractivity contribution in [3.8, 4) is 0 Å². The first kappa shape index (κ1) is 16.0. The first-order chi connectivity index (χ1) is 10.2. The van der Waals surface area contributed by atoms with E-state index in [0.29, 0.717) is 19.6 Å². The van der Waals surface area contributed by atoms with Crippen molar-refractivity contribution in [3.05, 3.63) is 35.9 Å². The average molecular weight is 290 g/mol. The number of piperidine rings is 1. The maximum Gasteiger partial charge on any atom is 0.225 e. The lowest BCUT2D eigenvalue weighted by Gasteiger charge is -2.38. The summed E-state index contributed by atoms with van der Waals surface area (Å²) in [6, 6.07) is 10.3. The molecule has 0 aromatic heterocycles. The summed E-state index contributed by atoms with van der Waals surface area (Å²) < 4.78 is 5.60. The summed E-state index contributed by atoms with van der Waals surface area (Å²) in [4.78, 5) is 14.3. The molecule has 116 valence electrons. The molecule has 21 heavy (non-hydrogen) atoms. The van der Waals surface area contributed by atoms with E-state index in [1.54, 1.807) is 0 Å². The van der Waals surface area contributed by atoms with Crippen LogP contribution in [0.3, 0.4) is 0 Å². The van der Waals surface area contributed by atoms with Gasteiger partial charge in [-0.05, 0) is 31.7 Å². The maximum atomic E-state index is 12.3. The fraction of sp³-hybridized carbons (Fsp3) is 0.588. The van der Waals surface area contributed by atoms with Gasteiger partial charge in [-0.3, -0.25) is 4.79 Å². The van der Waals surface area contributed by atoms with E-state index < -0.39 is 0 Å². The van der Waals surface area contributed by atoms with Crippen molar-refractivity contribution in [1.29, 1.82) is 0 Å². The molecule has 2 rings (SSSR count). The Bertz CT molecular complexity index is 434. The molecule has 1 aliphatic heterocycles. The summed E-state index contributed by atoms with van der Waals surface area (Å²) in [6.45, 7) is 3.85. The van der Waals surface area contributed by atoms with Crippen molar-refractivity contribution < 1.29 is 9.53 Å². The van der Waals surface area contributed by atoms with Gasteiger partial charge in [0.05, 0.1) is 19.6 Å². The molecule has 1 heterocycles. The number of nitrogens with two attached hydrogens (primary N) is 1. The molecule has 0 radical (unpaired) electrons. The minimum Gasteiger partial charge on any atom is -0.376 e. The summed E-state index contributed by atoms with van der Waals surface area (Å²) in [6.07, 6.45) is 3.71. The van der Waals surface area contributed by atoms with E-state index in [1.807, 2.05) is 42.2 Å². The molecule has 0 saturated carbocycles. The molecule has 2 atom stereocenters.